The van der Waals surface area contributed by atoms with Crippen LogP contribution in [-0.2, 0) is 5.75 Å². The molecule has 0 saturated carbocycles. The molecular formula is C16H14N2OS. The fraction of sp³-hybridized carbons (Fsp3) is 0.0625. The lowest BCUT2D eigenvalue weighted by molar-refractivity contribution is 0.426. The molecule has 0 spiro atoms. The number of anilines is 1. The number of nitrogens with zero attached hydrogens (tertiary/aromatic N) is 1. The first kappa shape index (κ1) is 12.8. The van der Waals surface area contributed by atoms with Gasteiger partial charge in [-0.15, -0.1) is 11.8 Å². The minimum absolute atomic E-state index is 0.764. The predicted molar refractivity (Wildman–Crippen MR) is 82.4 cm³/mol. The molecule has 0 atom stereocenters. The van der Waals surface area contributed by atoms with Gasteiger partial charge in [0, 0.05) is 28.0 Å². The monoisotopic (exact) mass is 282 g/mol. The van der Waals surface area contributed by atoms with Gasteiger partial charge in [0.2, 0.25) is 0 Å². The first-order valence-electron chi connectivity index (χ1n) is 6.30. The van der Waals surface area contributed by atoms with Crippen LogP contribution in [0.2, 0.25) is 0 Å². The van der Waals surface area contributed by atoms with Gasteiger partial charge in [0.25, 0.3) is 0 Å². The highest BCUT2D eigenvalue weighted by atomic mass is 32.2. The summed E-state index contributed by atoms with van der Waals surface area (Å²) in [5.74, 6) is 1.56. The van der Waals surface area contributed by atoms with E-state index in [-0.39, 0.29) is 0 Å². The van der Waals surface area contributed by atoms with Crippen molar-refractivity contribution in [3.8, 4) is 11.3 Å². The van der Waals surface area contributed by atoms with E-state index in [0.29, 0.717) is 0 Å². The SMILES string of the molecule is Nc1cccc(SCc2cc(-c3ccccc3)on2)c1. The van der Waals surface area contributed by atoms with Crippen LogP contribution >= 0.6 is 11.8 Å². The van der Waals surface area contributed by atoms with Gasteiger partial charge in [-0.2, -0.15) is 0 Å². The van der Waals surface area contributed by atoms with Crippen LogP contribution in [0.15, 0.2) is 70.1 Å². The maximum atomic E-state index is 5.76. The number of aromatic nitrogens is 1. The highest BCUT2D eigenvalue weighted by Crippen LogP contribution is 2.26. The quantitative estimate of drug-likeness (QED) is 0.575. The molecule has 1 heterocycles. The van der Waals surface area contributed by atoms with Crippen molar-refractivity contribution < 1.29 is 4.52 Å². The zero-order chi connectivity index (χ0) is 13.8. The third-order valence-electron chi connectivity index (χ3n) is 2.86. The van der Waals surface area contributed by atoms with Crippen molar-refractivity contribution >= 4 is 17.4 Å². The molecule has 0 amide bonds. The van der Waals surface area contributed by atoms with Gasteiger partial charge in [0.05, 0.1) is 5.69 Å². The highest BCUT2D eigenvalue weighted by molar-refractivity contribution is 7.98. The van der Waals surface area contributed by atoms with Crippen LogP contribution in [-0.4, -0.2) is 5.16 Å². The van der Waals surface area contributed by atoms with Crippen LogP contribution in [0.5, 0.6) is 0 Å². The molecule has 100 valence electrons. The van der Waals surface area contributed by atoms with E-state index in [1.807, 2.05) is 60.7 Å². The Morgan fingerprint density at radius 1 is 1.00 bits per heavy atom. The van der Waals surface area contributed by atoms with Gasteiger partial charge in [0.15, 0.2) is 5.76 Å². The molecule has 0 radical (unpaired) electrons. The fourth-order valence-corrected chi connectivity index (χ4v) is 2.72. The standard InChI is InChI=1S/C16H14N2OS/c17-13-7-4-8-15(9-13)20-11-14-10-16(19-18-14)12-5-2-1-3-6-12/h1-10H,11,17H2. The maximum absolute atomic E-state index is 5.76. The number of thioether (sulfide) groups is 1. The summed E-state index contributed by atoms with van der Waals surface area (Å²) in [7, 11) is 0. The molecule has 2 aromatic carbocycles. The van der Waals surface area contributed by atoms with E-state index >= 15 is 0 Å². The molecule has 0 saturated heterocycles. The highest BCUT2D eigenvalue weighted by Gasteiger charge is 2.06. The Morgan fingerprint density at radius 3 is 2.65 bits per heavy atom. The molecular weight excluding hydrogens is 268 g/mol. The van der Waals surface area contributed by atoms with Crippen molar-refractivity contribution in [3.63, 3.8) is 0 Å². The molecule has 0 aliphatic heterocycles. The molecule has 20 heavy (non-hydrogen) atoms. The van der Waals surface area contributed by atoms with Gasteiger partial charge in [-0.3, -0.25) is 0 Å². The van der Waals surface area contributed by atoms with Crippen LogP contribution in [0.3, 0.4) is 0 Å². The van der Waals surface area contributed by atoms with E-state index < -0.39 is 0 Å². The normalized spacial score (nSPS) is 10.6. The van der Waals surface area contributed by atoms with Crippen LogP contribution < -0.4 is 5.73 Å². The number of nitrogen functional groups attached to an aromatic ring is 1. The summed E-state index contributed by atoms with van der Waals surface area (Å²) in [5, 5.41) is 4.10. The van der Waals surface area contributed by atoms with Gasteiger partial charge in [-0.05, 0) is 18.2 Å². The summed E-state index contributed by atoms with van der Waals surface area (Å²) < 4.78 is 5.37. The fourth-order valence-electron chi connectivity index (χ4n) is 1.88. The Hall–Kier alpha value is -2.20. The molecule has 0 fully saturated rings. The topological polar surface area (TPSA) is 52.0 Å². The number of benzene rings is 2. The van der Waals surface area contributed by atoms with Gasteiger partial charge >= 0.3 is 0 Å². The lowest BCUT2D eigenvalue weighted by Crippen LogP contribution is -1.84. The first-order valence-corrected chi connectivity index (χ1v) is 7.29. The smallest absolute Gasteiger partial charge is 0.167 e. The minimum atomic E-state index is 0.764. The van der Waals surface area contributed by atoms with Crippen LogP contribution in [0.4, 0.5) is 5.69 Å². The molecule has 1 aromatic heterocycles. The largest absolute Gasteiger partial charge is 0.399 e. The van der Waals surface area contributed by atoms with Gasteiger partial charge in [-0.1, -0.05) is 41.6 Å². The van der Waals surface area contributed by atoms with Crippen LogP contribution in [0.1, 0.15) is 5.69 Å². The lowest BCUT2D eigenvalue weighted by Gasteiger charge is -1.99. The third-order valence-corrected chi connectivity index (χ3v) is 3.89. The summed E-state index contributed by atoms with van der Waals surface area (Å²) in [6.45, 7) is 0. The van der Waals surface area contributed by atoms with Gasteiger partial charge in [-0.25, -0.2) is 0 Å². The van der Waals surface area contributed by atoms with E-state index in [2.05, 4.69) is 5.16 Å². The minimum Gasteiger partial charge on any atom is -0.399 e. The number of hydrogen-bond acceptors (Lipinski definition) is 4. The summed E-state index contributed by atoms with van der Waals surface area (Å²) in [6.07, 6.45) is 0. The average molecular weight is 282 g/mol. The molecule has 3 rings (SSSR count). The van der Waals surface area contributed by atoms with E-state index in [0.717, 1.165) is 33.4 Å². The summed E-state index contributed by atoms with van der Waals surface area (Å²) in [4.78, 5) is 1.13. The Labute approximate surface area is 121 Å². The second kappa shape index (κ2) is 5.84. The molecule has 0 bridgehead atoms. The third kappa shape index (κ3) is 3.03. The second-order valence-corrected chi connectivity index (χ2v) is 5.46. The Bertz CT molecular complexity index is 694. The zero-order valence-electron chi connectivity index (χ0n) is 10.8. The van der Waals surface area contributed by atoms with Crippen molar-refractivity contribution in [2.45, 2.75) is 10.6 Å². The van der Waals surface area contributed by atoms with E-state index in [1.54, 1.807) is 11.8 Å². The number of rotatable bonds is 4. The van der Waals surface area contributed by atoms with Crippen molar-refractivity contribution in [1.82, 2.24) is 5.16 Å². The van der Waals surface area contributed by atoms with Crippen molar-refractivity contribution in [3.05, 3.63) is 66.4 Å². The number of nitrogens with two attached hydrogens (primary N) is 1. The molecule has 3 aromatic rings. The van der Waals surface area contributed by atoms with E-state index in [9.17, 15) is 0 Å². The summed E-state index contributed by atoms with van der Waals surface area (Å²) >= 11 is 1.69. The Balaban J connectivity index is 1.69. The van der Waals surface area contributed by atoms with Gasteiger partial charge in [0.1, 0.15) is 0 Å². The Kier molecular flexibility index (Phi) is 3.74. The molecule has 0 unspecified atom stereocenters. The van der Waals surface area contributed by atoms with E-state index in [1.165, 1.54) is 0 Å². The molecule has 3 nitrogen and oxygen atoms in total. The maximum Gasteiger partial charge on any atom is 0.167 e. The Morgan fingerprint density at radius 2 is 1.85 bits per heavy atom. The summed E-state index contributed by atoms with van der Waals surface area (Å²) in [5.41, 5.74) is 8.51. The summed E-state index contributed by atoms with van der Waals surface area (Å²) in [6, 6.07) is 19.8. The van der Waals surface area contributed by atoms with Crippen LogP contribution in [0.25, 0.3) is 11.3 Å². The first-order chi connectivity index (χ1) is 9.81. The van der Waals surface area contributed by atoms with Crippen LogP contribution in [0, 0.1) is 0 Å². The molecule has 0 aliphatic carbocycles. The van der Waals surface area contributed by atoms with E-state index in [4.69, 9.17) is 10.3 Å². The van der Waals surface area contributed by atoms with Crippen molar-refractivity contribution in [2.75, 3.05) is 5.73 Å². The molecule has 0 aliphatic rings. The van der Waals surface area contributed by atoms with Gasteiger partial charge < -0.3 is 10.3 Å². The second-order valence-electron chi connectivity index (χ2n) is 4.41. The van der Waals surface area contributed by atoms with Crippen molar-refractivity contribution in [1.29, 1.82) is 0 Å². The average Bonchev–Trinajstić information content (AvgIpc) is 2.95. The predicted octanol–water partition coefficient (Wildman–Crippen LogP) is 4.22. The molecule has 2 N–H and O–H groups in total. The zero-order valence-corrected chi connectivity index (χ0v) is 11.6. The number of hydrogen-bond donors (Lipinski definition) is 1. The lowest BCUT2D eigenvalue weighted by atomic mass is 10.2. The van der Waals surface area contributed by atoms with Crippen molar-refractivity contribution in [2.24, 2.45) is 0 Å². The molecule has 4 heteroatoms.